The minimum Gasteiger partial charge on any atom is -0.497 e. The van der Waals surface area contributed by atoms with Crippen molar-refractivity contribution in [1.82, 2.24) is 10.2 Å². The normalized spacial score (nSPS) is 15.6. The van der Waals surface area contributed by atoms with Crippen molar-refractivity contribution in [3.8, 4) is 5.75 Å². The van der Waals surface area contributed by atoms with E-state index in [-0.39, 0.29) is 0 Å². The Morgan fingerprint density at radius 3 is 2.60 bits per heavy atom. The van der Waals surface area contributed by atoms with Gasteiger partial charge >= 0.3 is 0 Å². The number of hydrogen-bond acceptors (Lipinski definition) is 3. The first-order valence-corrected chi connectivity index (χ1v) is 9.11. The van der Waals surface area contributed by atoms with Gasteiger partial charge in [-0.2, -0.15) is 0 Å². The lowest BCUT2D eigenvalue weighted by Crippen LogP contribution is -2.45. The summed E-state index contributed by atoms with van der Waals surface area (Å²) >= 11 is 5.45. The van der Waals surface area contributed by atoms with Gasteiger partial charge in [0.05, 0.1) is 7.11 Å². The molecule has 2 aromatic carbocycles. The number of anilines is 1. The number of likely N-dealkylation sites (tertiary alicyclic amines) is 1. The fourth-order valence-corrected chi connectivity index (χ4v) is 3.41. The zero-order valence-corrected chi connectivity index (χ0v) is 15.4. The second kappa shape index (κ2) is 8.83. The Morgan fingerprint density at radius 2 is 1.88 bits per heavy atom. The molecule has 2 aromatic rings. The van der Waals surface area contributed by atoms with Crippen LogP contribution in [0.15, 0.2) is 54.6 Å². The Morgan fingerprint density at radius 1 is 1.12 bits per heavy atom. The molecule has 0 radical (unpaired) electrons. The number of nitrogens with one attached hydrogen (secondary N) is 2. The van der Waals surface area contributed by atoms with E-state index in [0.717, 1.165) is 43.9 Å². The van der Waals surface area contributed by atoms with Crippen LogP contribution < -0.4 is 15.4 Å². The predicted octanol–water partition coefficient (Wildman–Crippen LogP) is 3.65. The maximum Gasteiger partial charge on any atom is 0.170 e. The molecule has 132 valence electrons. The monoisotopic (exact) mass is 355 g/mol. The second-order valence-electron chi connectivity index (χ2n) is 6.37. The molecule has 0 saturated carbocycles. The van der Waals surface area contributed by atoms with Gasteiger partial charge in [-0.15, -0.1) is 0 Å². The largest absolute Gasteiger partial charge is 0.497 e. The Hall–Kier alpha value is -2.11. The van der Waals surface area contributed by atoms with E-state index in [1.165, 1.54) is 5.56 Å². The fraction of sp³-hybridized carbons (Fsp3) is 0.350. The minimum atomic E-state index is 0.428. The highest BCUT2D eigenvalue weighted by atomic mass is 32.1. The van der Waals surface area contributed by atoms with Crippen LogP contribution in [-0.2, 0) is 6.54 Å². The lowest BCUT2D eigenvalue weighted by Gasteiger charge is -2.33. The molecule has 5 heteroatoms. The van der Waals surface area contributed by atoms with Crippen LogP contribution in [0.25, 0.3) is 0 Å². The van der Waals surface area contributed by atoms with Crippen molar-refractivity contribution in [2.75, 3.05) is 25.5 Å². The van der Waals surface area contributed by atoms with Gasteiger partial charge in [0.25, 0.3) is 0 Å². The van der Waals surface area contributed by atoms with Crippen LogP contribution in [0.1, 0.15) is 18.4 Å². The van der Waals surface area contributed by atoms with Crippen molar-refractivity contribution in [2.24, 2.45) is 0 Å². The summed E-state index contributed by atoms with van der Waals surface area (Å²) in [5.74, 6) is 0.821. The molecule has 0 atom stereocenters. The third kappa shape index (κ3) is 5.44. The van der Waals surface area contributed by atoms with Crippen molar-refractivity contribution >= 4 is 23.0 Å². The maximum atomic E-state index is 5.45. The molecule has 0 amide bonds. The predicted molar refractivity (Wildman–Crippen MR) is 107 cm³/mol. The Bertz CT molecular complexity index is 684. The highest BCUT2D eigenvalue weighted by molar-refractivity contribution is 7.80. The summed E-state index contributed by atoms with van der Waals surface area (Å²) in [4.78, 5) is 2.51. The number of benzene rings is 2. The van der Waals surface area contributed by atoms with Crippen LogP contribution in [0.4, 0.5) is 5.69 Å². The van der Waals surface area contributed by atoms with E-state index in [1.807, 2.05) is 24.3 Å². The van der Waals surface area contributed by atoms with E-state index in [9.17, 15) is 0 Å². The summed E-state index contributed by atoms with van der Waals surface area (Å²) in [6.07, 6.45) is 2.21. The van der Waals surface area contributed by atoms with E-state index in [1.54, 1.807) is 7.11 Å². The van der Waals surface area contributed by atoms with Gasteiger partial charge in [-0.1, -0.05) is 36.4 Å². The molecule has 0 unspecified atom stereocenters. The molecule has 0 bridgehead atoms. The SMILES string of the molecule is COc1cccc(NC(=S)NC2CCN(Cc3ccccc3)CC2)c1. The van der Waals surface area contributed by atoms with Gasteiger partial charge in [-0.3, -0.25) is 4.90 Å². The number of ether oxygens (including phenoxy) is 1. The Balaban J connectivity index is 1.43. The topological polar surface area (TPSA) is 36.5 Å². The first-order valence-electron chi connectivity index (χ1n) is 8.71. The van der Waals surface area contributed by atoms with Crippen LogP contribution in [0.5, 0.6) is 5.75 Å². The smallest absolute Gasteiger partial charge is 0.170 e. The van der Waals surface area contributed by atoms with Gasteiger partial charge in [-0.05, 0) is 42.8 Å². The minimum absolute atomic E-state index is 0.428. The Kier molecular flexibility index (Phi) is 6.25. The molecule has 1 aliphatic rings. The van der Waals surface area contributed by atoms with Crippen LogP contribution >= 0.6 is 12.2 Å². The highest BCUT2D eigenvalue weighted by Gasteiger charge is 2.19. The summed E-state index contributed by atoms with van der Waals surface area (Å²) in [6, 6.07) is 18.9. The van der Waals surface area contributed by atoms with Crippen LogP contribution in [0.3, 0.4) is 0 Å². The molecule has 2 N–H and O–H groups in total. The van der Waals surface area contributed by atoms with Crippen molar-refractivity contribution in [3.05, 3.63) is 60.2 Å². The molecule has 1 saturated heterocycles. The molecule has 4 nitrogen and oxygen atoms in total. The summed E-state index contributed by atoms with van der Waals surface area (Å²) in [7, 11) is 1.67. The van der Waals surface area contributed by atoms with E-state index < -0.39 is 0 Å². The van der Waals surface area contributed by atoms with Crippen molar-refractivity contribution in [1.29, 1.82) is 0 Å². The van der Waals surface area contributed by atoms with Crippen LogP contribution in [0.2, 0.25) is 0 Å². The second-order valence-corrected chi connectivity index (χ2v) is 6.77. The number of rotatable bonds is 5. The standard InChI is InChI=1S/C20H25N3OS/c1-24-19-9-5-8-18(14-19)22-20(25)21-17-10-12-23(13-11-17)15-16-6-3-2-4-7-16/h2-9,14,17H,10-13,15H2,1H3,(H2,21,22,25). The van der Waals surface area contributed by atoms with E-state index in [0.29, 0.717) is 11.2 Å². The van der Waals surface area contributed by atoms with Crippen molar-refractivity contribution in [2.45, 2.75) is 25.4 Å². The molecule has 1 heterocycles. The Labute approximate surface area is 155 Å². The van der Waals surface area contributed by atoms with Gasteiger partial charge in [0.15, 0.2) is 5.11 Å². The zero-order valence-electron chi connectivity index (χ0n) is 14.6. The molecule has 0 aromatic heterocycles. The summed E-state index contributed by atoms with van der Waals surface area (Å²) in [5.41, 5.74) is 2.32. The molecule has 1 fully saturated rings. The van der Waals surface area contributed by atoms with Crippen LogP contribution in [-0.4, -0.2) is 36.3 Å². The molecule has 0 spiro atoms. The van der Waals surface area contributed by atoms with Gasteiger partial charge < -0.3 is 15.4 Å². The molecule has 1 aliphatic heterocycles. The average molecular weight is 356 g/mol. The number of methoxy groups -OCH3 is 1. The fourth-order valence-electron chi connectivity index (χ4n) is 3.13. The number of nitrogens with zero attached hydrogens (tertiary/aromatic N) is 1. The molecule has 3 rings (SSSR count). The first-order chi connectivity index (χ1) is 12.2. The van der Waals surface area contributed by atoms with E-state index >= 15 is 0 Å². The number of thiocarbonyl (C=S) groups is 1. The summed E-state index contributed by atoms with van der Waals surface area (Å²) < 4.78 is 5.24. The average Bonchev–Trinajstić information content (AvgIpc) is 2.64. The maximum absolute atomic E-state index is 5.45. The van der Waals surface area contributed by atoms with E-state index in [2.05, 4.69) is 45.9 Å². The van der Waals surface area contributed by atoms with E-state index in [4.69, 9.17) is 17.0 Å². The van der Waals surface area contributed by atoms with Gasteiger partial charge in [0.2, 0.25) is 0 Å². The zero-order chi connectivity index (χ0) is 17.5. The van der Waals surface area contributed by atoms with Gasteiger partial charge in [0.1, 0.15) is 5.75 Å². The number of hydrogen-bond donors (Lipinski definition) is 2. The van der Waals surface area contributed by atoms with Crippen molar-refractivity contribution < 1.29 is 4.74 Å². The third-order valence-electron chi connectivity index (χ3n) is 4.50. The lowest BCUT2D eigenvalue weighted by molar-refractivity contribution is 0.199. The third-order valence-corrected chi connectivity index (χ3v) is 4.72. The summed E-state index contributed by atoms with van der Waals surface area (Å²) in [5, 5.41) is 7.36. The van der Waals surface area contributed by atoms with Gasteiger partial charge in [0, 0.05) is 37.4 Å². The molecule has 25 heavy (non-hydrogen) atoms. The van der Waals surface area contributed by atoms with Crippen molar-refractivity contribution in [3.63, 3.8) is 0 Å². The molecular weight excluding hydrogens is 330 g/mol. The molecular formula is C20H25N3OS. The van der Waals surface area contributed by atoms with Crippen LogP contribution in [0, 0.1) is 0 Å². The quantitative estimate of drug-likeness (QED) is 0.801. The first kappa shape index (κ1) is 17.7. The summed E-state index contributed by atoms with van der Waals surface area (Å²) in [6.45, 7) is 3.21. The number of piperidine rings is 1. The molecule has 0 aliphatic carbocycles. The van der Waals surface area contributed by atoms with Gasteiger partial charge in [-0.25, -0.2) is 0 Å². The highest BCUT2D eigenvalue weighted by Crippen LogP contribution is 2.17. The lowest BCUT2D eigenvalue weighted by atomic mass is 10.0.